The van der Waals surface area contributed by atoms with Crippen molar-refractivity contribution >= 4 is 11.8 Å². The highest BCUT2D eigenvalue weighted by atomic mass is 16.3. The van der Waals surface area contributed by atoms with E-state index in [1.807, 2.05) is 55.4 Å². The molecule has 0 rings (SSSR count). The molecule has 0 saturated heterocycles. The number of nitrogens with zero attached hydrogens (tertiary/aromatic N) is 1. The molecule has 2 amide bonds. The molecule has 0 radical (unpaired) electrons. The Morgan fingerprint density at radius 1 is 0.771 bits per heavy atom. The number of hydrogen-bond donors (Lipinski definition) is 2. The van der Waals surface area contributed by atoms with Crippen molar-refractivity contribution in [3.05, 3.63) is 0 Å². The van der Waals surface area contributed by atoms with E-state index in [9.17, 15) is 9.59 Å². The Morgan fingerprint density at radius 2 is 1.14 bits per heavy atom. The fourth-order valence-corrected chi connectivity index (χ4v) is 1.60. The average molecular weight is 511 g/mol. The quantitative estimate of drug-likeness (QED) is 0.287. The van der Waals surface area contributed by atoms with Gasteiger partial charge in [-0.15, -0.1) is 0 Å². The van der Waals surface area contributed by atoms with Gasteiger partial charge in [-0.3, -0.25) is 9.59 Å². The van der Waals surface area contributed by atoms with Crippen molar-refractivity contribution in [3.8, 4) is 0 Å². The van der Waals surface area contributed by atoms with Gasteiger partial charge in [-0.25, -0.2) is 0 Å². The Labute approximate surface area is 225 Å². The molecule has 35 heavy (non-hydrogen) atoms. The molecule has 0 aliphatic carbocycles. The van der Waals surface area contributed by atoms with Gasteiger partial charge in [-0.2, -0.15) is 0 Å². The monoisotopic (exact) mass is 511 g/mol. The first kappa shape index (κ1) is 54.7. The average Bonchev–Trinajstić information content (AvgIpc) is 2.89. The van der Waals surface area contributed by atoms with Gasteiger partial charge in [0.2, 0.25) is 11.8 Å². The number of nitrogens with two attached hydrogens (primary N) is 1. The normalized spacial score (nSPS) is 8.49. The number of aliphatic hydroxyl groups is 1. The van der Waals surface area contributed by atoms with Crippen LogP contribution in [0.5, 0.6) is 0 Å². The summed E-state index contributed by atoms with van der Waals surface area (Å²) in [6, 6.07) is 0. The number of aliphatic hydroxyl groups excluding tert-OH is 1. The van der Waals surface area contributed by atoms with Crippen LogP contribution >= 0.6 is 0 Å². The van der Waals surface area contributed by atoms with Crippen LogP contribution in [0.2, 0.25) is 0 Å². The minimum Gasteiger partial charge on any atom is -0.395 e. The number of unbranched alkanes of at least 4 members (excludes halogenated alkanes) is 3. The Hall–Kier alpha value is -1.10. The standard InChI is InChI=1S/C9H20.C6H12N2O3.C4H10.C3H8.4C2H6/c1-4-6-7-8-9(3)5-2;1-5(10)8(2-3-9)4-6(7)11;1-3-4-2;1-3-2;4*1-2/h9H,4-8H2,1-3H3;9H,2-4H2,1H3,(H2,7,11);3-4H2,1-2H3;3H2,1-2H3;4*1-2H3. The van der Waals surface area contributed by atoms with Crippen LogP contribution in [0.4, 0.5) is 0 Å². The number of rotatable bonds is 10. The van der Waals surface area contributed by atoms with Crippen LogP contribution in [0.3, 0.4) is 0 Å². The number of carbonyl (C=O) groups excluding carboxylic acids is 2. The van der Waals surface area contributed by atoms with Crippen LogP contribution in [0.15, 0.2) is 0 Å². The molecule has 0 aromatic rings. The third-order valence-corrected chi connectivity index (χ3v) is 3.66. The molecule has 1 atom stereocenters. The van der Waals surface area contributed by atoms with E-state index < -0.39 is 5.91 Å². The highest BCUT2D eigenvalue weighted by Crippen LogP contribution is 2.11. The smallest absolute Gasteiger partial charge is 0.237 e. The summed E-state index contributed by atoms with van der Waals surface area (Å²) in [7, 11) is 0. The molecule has 0 spiro atoms. The van der Waals surface area contributed by atoms with Gasteiger partial charge in [-0.1, -0.05) is 155 Å². The molecule has 0 fully saturated rings. The molecule has 222 valence electrons. The molecular weight excluding hydrogens is 436 g/mol. The Morgan fingerprint density at radius 3 is 1.34 bits per heavy atom. The van der Waals surface area contributed by atoms with E-state index in [0.717, 1.165) is 5.92 Å². The molecule has 5 nitrogen and oxygen atoms in total. The summed E-state index contributed by atoms with van der Waals surface area (Å²) in [4.78, 5) is 22.2. The second-order valence-electron chi connectivity index (χ2n) is 6.85. The van der Waals surface area contributed by atoms with Crippen LogP contribution in [0.25, 0.3) is 0 Å². The van der Waals surface area contributed by atoms with Crippen LogP contribution in [0.1, 0.15) is 162 Å². The van der Waals surface area contributed by atoms with E-state index in [4.69, 9.17) is 10.8 Å². The van der Waals surface area contributed by atoms with E-state index in [1.54, 1.807) is 0 Å². The lowest BCUT2D eigenvalue weighted by atomic mass is 10.0. The van der Waals surface area contributed by atoms with Crippen molar-refractivity contribution in [1.82, 2.24) is 4.90 Å². The molecule has 0 heterocycles. The maximum absolute atomic E-state index is 10.7. The van der Waals surface area contributed by atoms with Gasteiger partial charge in [0.1, 0.15) is 0 Å². The van der Waals surface area contributed by atoms with Gasteiger partial charge in [0.25, 0.3) is 0 Å². The predicted octanol–water partition coefficient (Wildman–Crippen LogP) is 9.25. The highest BCUT2D eigenvalue weighted by Gasteiger charge is 2.09. The third kappa shape index (κ3) is 98.0. The third-order valence-electron chi connectivity index (χ3n) is 3.66. The fraction of sp³-hybridized carbons (Fsp3) is 0.933. The largest absolute Gasteiger partial charge is 0.395 e. The van der Waals surface area contributed by atoms with Crippen molar-refractivity contribution in [2.24, 2.45) is 11.7 Å². The van der Waals surface area contributed by atoms with Crippen LogP contribution < -0.4 is 5.73 Å². The molecule has 0 bridgehead atoms. The minimum absolute atomic E-state index is 0.129. The molecule has 5 heteroatoms. The lowest BCUT2D eigenvalue weighted by Gasteiger charge is -2.17. The highest BCUT2D eigenvalue weighted by molar-refractivity contribution is 5.82. The number of hydrogen-bond acceptors (Lipinski definition) is 3. The van der Waals surface area contributed by atoms with Crippen molar-refractivity contribution in [1.29, 1.82) is 0 Å². The minimum atomic E-state index is -0.575. The topological polar surface area (TPSA) is 83.6 Å². The van der Waals surface area contributed by atoms with E-state index >= 15 is 0 Å². The van der Waals surface area contributed by atoms with Crippen molar-refractivity contribution in [2.75, 3.05) is 19.7 Å². The SMILES string of the molecule is CC.CC.CC.CC.CC(=O)N(CCO)CC(N)=O.CCC.CCCC.CCCCCC(C)CC. The van der Waals surface area contributed by atoms with Crippen molar-refractivity contribution in [3.63, 3.8) is 0 Å². The summed E-state index contributed by atoms with van der Waals surface area (Å²) in [5.41, 5.74) is 4.85. The van der Waals surface area contributed by atoms with Gasteiger partial charge < -0.3 is 15.7 Å². The summed E-state index contributed by atoms with van der Waals surface area (Å²) in [6.45, 7) is 32.7. The van der Waals surface area contributed by atoms with Gasteiger partial charge in [0, 0.05) is 13.5 Å². The number of amides is 2. The number of carbonyl (C=O) groups is 2. The molecule has 0 aromatic carbocycles. The maximum atomic E-state index is 10.7. The Kier molecular flexibility index (Phi) is 109. The second kappa shape index (κ2) is 69.8. The van der Waals surface area contributed by atoms with E-state index in [1.165, 1.54) is 63.2 Å². The molecule has 0 aromatic heterocycles. The van der Waals surface area contributed by atoms with E-state index in [0.29, 0.717) is 0 Å². The Bertz CT molecular complexity index is 297. The molecule has 3 N–H and O–H groups in total. The zero-order valence-corrected chi connectivity index (χ0v) is 27.6. The van der Waals surface area contributed by atoms with Crippen molar-refractivity contribution < 1.29 is 14.7 Å². The summed E-state index contributed by atoms with van der Waals surface area (Å²) < 4.78 is 0. The van der Waals surface area contributed by atoms with Crippen LogP contribution in [-0.2, 0) is 9.59 Å². The molecule has 1 unspecified atom stereocenters. The van der Waals surface area contributed by atoms with E-state index in [2.05, 4.69) is 48.5 Å². The first-order valence-corrected chi connectivity index (χ1v) is 14.9. The van der Waals surface area contributed by atoms with E-state index in [-0.39, 0.29) is 25.6 Å². The lowest BCUT2D eigenvalue weighted by Crippen LogP contribution is -2.38. The maximum Gasteiger partial charge on any atom is 0.237 e. The fourth-order valence-electron chi connectivity index (χ4n) is 1.60. The zero-order valence-electron chi connectivity index (χ0n) is 27.6. The predicted molar refractivity (Wildman–Crippen MR) is 164 cm³/mol. The van der Waals surface area contributed by atoms with Gasteiger partial charge in [-0.05, 0) is 5.92 Å². The van der Waals surface area contributed by atoms with Gasteiger partial charge in [0.05, 0.1) is 13.2 Å². The lowest BCUT2D eigenvalue weighted by molar-refractivity contribution is -0.133. The molecule has 0 saturated carbocycles. The first-order valence-electron chi connectivity index (χ1n) is 14.9. The first-order chi connectivity index (χ1) is 16.7. The molecule has 0 aliphatic rings. The number of primary amides is 1. The summed E-state index contributed by atoms with van der Waals surface area (Å²) in [6.07, 6.45) is 10.9. The molecular formula is C30H74N2O3. The Balaban J connectivity index is -0.0000000452. The summed E-state index contributed by atoms with van der Waals surface area (Å²) in [5, 5.41) is 8.45. The van der Waals surface area contributed by atoms with Crippen LogP contribution in [0, 0.1) is 5.92 Å². The van der Waals surface area contributed by atoms with Gasteiger partial charge >= 0.3 is 0 Å². The zero-order chi connectivity index (χ0) is 30.1. The van der Waals surface area contributed by atoms with Gasteiger partial charge in [0.15, 0.2) is 0 Å². The summed E-state index contributed by atoms with van der Waals surface area (Å²) in [5.74, 6) is 0.114. The molecule has 0 aliphatic heterocycles. The second-order valence-corrected chi connectivity index (χ2v) is 6.85. The van der Waals surface area contributed by atoms with Crippen molar-refractivity contribution in [2.45, 2.75) is 162 Å². The summed E-state index contributed by atoms with van der Waals surface area (Å²) >= 11 is 0. The van der Waals surface area contributed by atoms with Crippen LogP contribution in [-0.4, -0.2) is 41.5 Å².